The summed E-state index contributed by atoms with van der Waals surface area (Å²) in [5.74, 6) is 0.116. The molecule has 110 valence electrons. The van der Waals surface area contributed by atoms with Gasteiger partial charge in [0.05, 0.1) is 11.6 Å². The Labute approximate surface area is 134 Å². The monoisotopic (exact) mass is 371 g/mol. The molecule has 0 spiro atoms. The first-order chi connectivity index (χ1) is 9.95. The summed E-state index contributed by atoms with van der Waals surface area (Å²) in [6.07, 6.45) is 0. The Morgan fingerprint density at radius 2 is 2.14 bits per heavy atom. The quantitative estimate of drug-likeness (QED) is 0.864. The largest absolute Gasteiger partial charge is 0.360 e. The number of nitrogens with one attached hydrogen (secondary N) is 2. The smallest absolute Gasteiger partial charge is 0.251 e. The van der Waals surface area contributed by atoms with Gasteiger partial charge < -0.3 is 15.2 Å². The van der Waals surface area contributed by atoms with Gasteiger partial charge >= 0.3 is 0 Å². The number of carbonyl (C=O) groups excluding carboxylic acids is 2. The fraction of sp³-hybridized carbons (Fsp3) is 0.154. The number of amides is 2. The SMILES string of the molecule is Cc1cc(NC(=O)CNC(=O)c2ccc(Cl)c(Br)c2)no1. The lowest BCUT2D eigenvalue weighted by molar-refractivity contribution is -0.115. The fourth-order valence-corrected chi connectivity index (χ4v) is 2.01. The second-order valence-electron chi connectivity index (χ2n) is 4.18. The minimum absolute atomic E-state index is 0.176. The molecule has 0 radical (unpaired) electrons. The fourth-order valence-electron chi connectivity index (χ4n) is 1.51. The van der Waals surface area contributed by atoms with Crippen molar-refractivity contribution in [3.05, 3.63) is 45.1 Å². The Hall–Kier alpha value is -1.86. The lowest BCUT2D eigenvalue weighted by Crippen LogP contribution is -2.32. The van der Waals surface area contributed by atoms with Crippen LogP contribution in [-0.4, -0.2) is 23.5 Å². The topological polar surface area (TPSA) is 84.2 Å². The number of rotatable bonds is 4. The van der Waals surface area contributed by atoms with E-state index in [0.29, 0.717) is 26.6 Å². The number of hydrogen-bond acceptors (Lipinski definition) is 4. The molecule has 2 rings (SSSR count). The highest BCUT2D eigenvalue weighted by atomic mass is 79.9. The molecule has 0 bridgehead atoms. The van der Waals surface area contributed by atoms with E-state index < -0.39 is 5.91 Å². The molecular formula is C13H11BrClN3O3. The maximum absolute atomic E-state index is 11.9. The highest BCUT2D eigenvalue weighted by molar-refractivity contribution is 9.10. The van der Waals surface area contributed by atoms with E-state index in [4.69, 9.17) is 16.1 Å². The summed E-state index contributed by atoms with van der Waals surface area (Å²) in [6, 6.07) is 6.33. The lowest BCUT2D eigenvalue weighted by atomic mass is 10.2. The molecule has 0 aliphatic carbocycles. The van der Waals surface area contributed by atoms with Crippen LogP contribution in [0.2, 0.25) is 5.02 Å². The molecule has 0 aliphatic heterocycles. The van der Waals surface area contributed by atoms with Crippen LogP contribution < -0.4 is 10.6 Å². The van der Waals surface area contributed by atoms with Gasteiger partial charge in [-0.2, -0.15) is 0 Å². The summed E-state index contributed by atoms with van der Waals surface area (Å²) in [6.45, 7) is 1.54. The van der Waals surface area contributed by atoms with Crippen LogP contribution in [0.15, 0.2) is 33.3 Å². The van der Waals surface area contributed by atoms with Crippen LogP contribution in [0.4, 0.5) is 5.82 Å². The molecule has 1 aromatic heterocycles. The third-order valence-electron chi connectivity index (χ3n) is 2.49. The van der Waals surface area contributed by atoms with E-state index >= 15 is 0 Å². The average Bonchev–Trinajstić information content (AvgIpc) is 2.84. The van der Waals surface area contributed by atoms with Gasteiger partial charge in [-0.1, -0.05) is 16.8 Å². The van der Waals surface area contributed by atoms with Gasteiger partial charge in [0.15, 0.2) is 5.82 Å². The molecule has 1 heterocycles. The number of anilines is 1. The van der Waals surface area contributed by atoms with Crippen LogP contribution in [0.1, 0.15) is 16.1 Å². The standard InChI is InChI=1S/C13H11BrClN3O3/c1-7-4-11(18-21-7)17-12(19)6-16-13(20)8-2-3-10(15)9(14)5-8/h2-5H,6H2,1H3,(H,16,20)(H,17,18,19). The number of aryl methyl sites for hydroxylation is 1. The molecule has 0 atom stereocenters. The van der Waals surface area contributed by atoms with Crippen molar-refractivity contribution in [2.45, 2.75) is 6.92 Å². The highest BCUT2D eigenvalue weighted by Gasteiger charge is 2.11. The zero-order valence-corrected chi connectivity index (χ0v) is 13.3. The molecule has 1 aromatic carbocycles. The van der Waals surface area contributed by atoms with Crippen molar-refractivity contribution in [3.63, 3.8) is 0 Å². The van der Waals surface area contributed by atoms with Crippen molar-refractivity contribution in [1.82, 2.24) is 10.5 Å². The summed E-state index contributed by atoms with van der Waals surface area (Å²) in [5.41, 5.74) is 0.399. The predicted molar refractivity (Wildman–Crippen MR) is 81.4 cm³/mol. The van der Waals surface area contributed by atoms with E-state index in [1.807, 2.05) is 0 Å². The Morgan fingerprint density at radius 3 is 2.76 bits per heavy atom. The van der Waals surface area contributed by atoms with Gasteiger partial charge in [0.1, 0.15) is 5.76 Å². The van der Waals surface area contributed by atoms with Gasteiger partial charge in [-0.05, 0) is 41.1 Å². The van der Waals surface area contributed by atoms with Gasteiger partial charge in [0, 0.05) is 16.1 Å². The van der Waals surface area contributed by atoms with E-state index in [1.165, 1.54) is 0 Å². The molecule has 0 saturated carbocycles. The zero-order chi connectivity index (χ0) is 15.4. The second kappa shape index (κ2) is 6.73. The van der Waals surface area contributed by atoms with Crippen molar-refractivity contribution in [2.75, 3.05) is 11.9 Å². The summed E-state index contributed by atoms with van der Waals surface area (Å²) >= 11 is 9.08. The van der Waals surface area contributed by atoms with Crippen LogP contribution >= 0.6 is 27.5 Å². The Kier molecular flexibility index (Phi) is 4.98. The first-order valence-corrected chi connectivity index (χ1v) is 7.09. The van der Waals surface area contributed by atoms with Crippen molar-refractivity contribution in [2.24, 2.45) is 0 Å². The summed E-state index contributed by atoms with van der Waals surface area (Å²) in [5, 5.41) is 9.13. The van der Waals surface area contributed by atoms with Gasteiger partial charge in [-0.15, -0.1) is 0 Å². The van der Waals surface area contributed by atoms with Crippen molar-refractivity contribution in [3.8, 4) is 0 Å². The van der Waals surface area contributed by atoms with Crippen LogP contribution in [0, 0.1) is 6.92 Å². The zero-order valence-electron chi connectivity index (χ0n) is 10.9. The Bertz CT molecular complexity index is 687. The van der Waals surface area contributed by atoms with Crippen LogP contribution in [-0.2, 0) is 4.79 Å². The second-order valence-corrected chi connectivity index (χ2v) is 5.44. The van der Waals surface area contributed by atoms with Crippen LogP contribution in [0.5, 0.6) is 0 Å². The van der Waals surface area contributed by atoms with Crippen molar-refractivity contribution in [1.29, 1.82) is 0 Å². The van der Waals surface area contributed by atoms with E-state index in [-0.39, 0.29) is 12.5 Å². The first-order valence-electron chi connectivity index (χ1n) is 5.92. The molecule has 8 heteroatoms. The minimum atomic E-state index is -0.398. The predicted octanol–water partition coefficient (Wildman–Crippen LogP) is 2.77. The lowest BCUT2D eigenvalue weighted by Gasteiger charge is -2.06. The molecule has 2 amide bonds. The van der Waals surface area contributed by atoms with Crippen LogP contribution in [0.25, 0.3) is 0 Å². The molecule has 0 saturated heterocycles. The minimum Gasteiger partial charge on any atom is -0.360 e. The normalized spacial score (nSPS) is 10.2. The van der Waals surface area contributed by atoms with E-state index in [2.05, 4.69) is 31.7 Å². The number of benzene rings is 1. The molecule has 2 N–H and O–H groups in total. The summed E-state index contributed by atoms with van der Waals surface area (Å²) < 4.78 is 5.43. The maximum Gasteiger partial charge on any atom is 0.251 e. The molecule has 2 aromatic rings. The Balaban J connectivity index is 1.88. The van der Waals surface area contributed by atoms with Gasteiger partial charge in [-0.3, -0.25) is 9.59 Å². The molecule has 0 unspecified atom stereocenters. The third-order valence-corrected chi connectivity index (χ3v) is 3.70. The van der Waals surface area contributed by atoms with E-state index in [0.717, 1.165) is 0 Å². The average molecular weight is 373 g/mol. The van der Waals surface area contributed by atoms with E-state index in [9.17, 15) is 9.59 Å². The molecular weight excluding hydrogens is 362 g/mol. The Morgan fingerprint density at radius 1 is 1.38 bits per heavy atom. The maximum atomic E-state index is 11.9. The number of halogens is 2. The third kappa shape index (κ3) is 4.30. The number of aromatic nitrogens is 1. The van der Waals surface area contributed by atoms with E-state index in [1.54, 1.807) is 31.2 Å². The molecule has 21 heavy (non-hydrogen) atoms. The van der Waals surface area contributed by atoms with Gasteiger partial charge in [0.2, 0.25) is 5.91 Å². The van der Waals surface area contributed by atoms with Crippen molar-refractivity contribution >= 4 is 45.2 Å². The van der Waals surface area contributed by atoms with Gasteiger partial charge in [-0.25, -0.2) is 0 Å². The first kappa shape index (κ1) is 15.5. The molecule has 0 aliphatic rings. The number of carbonyl (C=O) groups is 2. The van der Waals surface area contributed by atoms with Gasteiger partial charge in [0.25, 0.3) is 5.91 Å². The molecule has 0 fully saturated rings. The number of hydrogen-bond donors (Lipinski definition) is 2. The summed E-state index contributed by atoms with van der Waals surface area (Å²) in [7, 11) is 0. The molecule has 6 nitrogen and oxygen atoms in total. The summed E-state index contributed by atoms with van der Waals surface area (Å²) in [4.78, 5) is 23.5. The number of nitrogens with zero attached hydrogens (tertiary/aromatic N) is 1. The van der Waals surface area contributed by atoms with Crippen LogP contribution in [0.3, 0.4) is 0 Å². The van der Waals surface area contributed by atoms with Crippen molar-refractivity contribution < 1.29 is 14.1 Å². The highest BCUT2D eigenvalue weighted by Crippen LogP contribution is 2.23.